The Morgan fingerprint density at radius 3 is 2.23 bits per heavy atom. The molecule has 0 fully saturated rings. The van der Waals surface area contributed by atoms with Crippen LogP contribution in [0, 0.1) is 5.92 Å². The summed E-state index contributed by atoms with van der Waals surface area (Å²) in [6.07, 6.45) is 5.08. The van der Waals surface area contributed by atoms with Crippen LogP contribution in [0.3, 0.4) is 0 Å². The summed E-state index contributed by atoms with van der Waals surface area (Å²) in [5.74, 6) is 0.0265. The van der Waals surface area contributed by atoms with Crippen molar-refractivity contribution in [3.63, 3.8) is 0 Å². The Balaban J connectivity index is 1.95. The molecule has 2 aromatic rings. The van der Waals surface area contributed by atoms with Crippen LogP contribution in [0.15, 0.2) is 72.8 Å². The van der Waals surface area contributed by atoms with Crippen molar-refractivity contribution in [1.82, 2.24) is 4.90 Å². The number of rotatable bonds is 6. The van der Waals surface area contributed by atoms with Crippen molar-refractivity contribution in [2.75, 3.05) is 6.61 Å². The summed E-state index contributed by atoms with van der Waals surface area (Å²) >= 11 is 0. The second kappa shape index (κ2) is 9.13. The molecule has 2 aromatic carbocycles. The van der Waals surface area contributed by atoms with Crippen LogP contribution >= 0.6 is 0 Å². The fourth-order valence-corrected chi connectivity index (χ4v) is 3.99. The summed E-state index contributed by atoms with van der Waals surface area (Å²) in [6.45, 7) is 3.02. The molecule has 0 radical (unpaired) electrons. The fourth-order valence-electron chi connectivity index (χ4n) is 3.99. The molecule has 3 nitrogen and oxygen atoms in total. The maximum Gasteiger partial charge on any atom is 0.0733 e. The van der Waals surface area contributed by atoms with E-state index in [1.54, 1.807) is 0 Å². The standard InChI is InChI=1S/C23H29NO2/c1-18(20-12-6-3-7-13-20)24(16-19-10-4-2-5-11-19)23-21(17-25)14-8-9-15-22(23)26/h2-13,18,21-23,25-26H,14-17H2,1H3/t18-,21+,22+,23+/m0/s1. The van der Waals surface area contributed by atoms with Crippen LogP contribution in [0.25, 0.3) is 0 Å². The molecule has 1 aliphatic carbocycles. The first-order valence-electron chi connectivity index (χ1n) is 9.49. The van der Waals surface area contributed by atoms with Crippen molar-refractivity contribution in [2.45, 2.75) is 44.5 Å². The van der Waals surface area contributed by atoms with Gasteiger partial charge in [-0.05, 0) is 30.9 Å². The van der Waals surface area contributed by atoms with Gasteiger partial charge >= 0.3 is 0 Å². The minimum atomic E-state index is -0.485. The summed E-state index contributed by atoms with van der Waals surface area (Å²) < 4.78 is 0. The normalized spacial score (nSPS) is 24.4. The monoisotopic (exact) mass is 351 g/mol. The number of hydrogen-bond donors (Lipinski definition) is 2. The lowest BCUT2D eigenvalue weighted by atomic mass is 9.89. The molecule has 4 atom stereocenters. The van der Waals surface area contributed by atoms with Crippen LogP contribution in [-0.2, 0) is 6.54 Å². The molecule has 26 heavy (non-hydrogen) atoms. The first-order chi connectivity index (χ1) is 12.7. The minimum absolute atomic E-state index is 0.0265. The van der Waals surface area contributed by atoms with E-state index in [-0.39, 0.29) is 24.6 Å². The zero-order chi connectivity index (χ0) is 18.4. The quantitative estimate of drug-likeness (QED) is 0.775. The molecule has 0 heterocycles. The van der Waals surface area contributed by atoms with Gasteiger partial charge in [0.15, 0.2) is 0 Å². The number of allylic oxidation sites excluding steroid dienone is 1. The maximum atomic E-state index is 10.9. The Hall–Kier alpha value is -1.94. The largest absolute Gasteiger partial charge is 0.396 e. The second-order valence-electron chi connectivity index (χ2n) is 7.19. The lowest BCUT2D eigenvalue weighted by molar-refractivity contribution is -0.0197. The molecule has 2 N–H and O–H groups in total. The predicted octanol–water partition coefficient (Wildman–Crippen LogP) is 3.94. The van der Waals surface area contributed by atoms with E-state index in [9.17, 15) is 10.2 Å². The molecule has 3 rings (SSSR count). The van der Waals surface area contributed by atoms with Crippen LogP contribution in [0.5, 0.6) is 0 Å². The summed E-state index contributed by atoms with van der Waals surface area (Å²) in [4.78, 5) is 2.36. The smallest absolute Gasteiger partial charge is 0.0733 e. The zero-order valence-electron chi connectivity index (χ0n) is 15.4. The highest BCUT2D eigenvalue weighted by Crippen LogP contribution is 2.32. The molecule has 0 unspecified atom stereocenters. The van der Waals surface area contributed by atoms with E-state index in [2.05, 4.69) is 66.4 Å². The number of hydrogen-bond acceptors (Lipinski definition) is 3. The van der Waals surface area contributed by atoms with E-state index >= 15 is 0 Å². The molecular formula is C23H29NO2. The highest BCUT2D eigenvalue weighted by Gasteiger charge is 2.36. The first-order valence-corrected chi connectivity index (χ1v) is 9.49. The van der Waals surface area contributed by atoms with Crippen molar-refractivity contribution >= 4 is 0 Å². The summed E-state index contributed by atoms with van der Waals surface area (Å²) in [5.41, 5.74) is 2.45. The third-order valence-electron chi connectivity index (χ3n) is 5.47. The van der Waals surface area contributed by atoms with Gasteiger partial charge in [-0.1, -0.05) is 72.8 Å². The van der Waals surface area contributed by atoms with Gasteiger partial charge in [-0.15, -0.1) is 0 Å². The van der Waals surface area contributed by atoms with E-state index in [0.29, 0.717) is 6.42 Å². The van der Waals surface area contributed by atoms with Gasteiger partial charge in [-0.3, -0.25) is 4.90 Å². The molecule has 1 aliphatic rings. The average Bonchev–Trinajstić information content (AvgIpc) is 2.88. The third kappa shape index (κ3) is 4.42. The molecule has 3 heteroatoms. The van der Waals surface area contributed by atoms with E-state index < -0.39 is 6.10 Å². The van der Waals surface area contributed by atoms with Crippen molar-refractivity contribution < 1.29 is 10.2 Å². The third-order valence-corrected chi connectivity index (χ3v) is 5.47. The molecule has 0 aliphatic heterocycles. The molecule has 0 saturated heterocycles. The van der Waals surface area contributed by atoms with Gasteiger partial charge in [-0.2, -0.15) is 0 Å². The SMILES string of the molecule is C[C@@H](c1ccccc1)N(Cc1ccccc1)[C@@H]1[C@@H](CO)CC=CC[C@H]1O. The van der Waals surface area contributed by atoms with Crippen molar-refractivity contribution in [1.29, 1.82) is 0 Å². The maximum absolute atomic E-state index is 10.9. The van der Waals surface area contributed by atoms with Crippen molar-refractivity contribution in [3.8, 4) is 0 Å². The van der Waals surface area contributed by atoms with Gasteiger partial charge in [0.2, 0.25) is 0 Å². The average molecular weight is 351 g/mol. The minimum Gasteiger partial charge on any atom is -0.396 e. The Kier molecular flexibility index (Phi) is 6.62. The molecule has 0 spiro atoms. The lowest BCUT2D eigenvalue weighted by Gasteiger charge is -2.42. The molecule has 0 aromatic heterocycles. The van der Waals surface area contributed by atoms with Gasteiger partial charge in [0, 0.05) is 31.2 Å². The summed E-state index contributed by atoms with van der Waals surface area (Å²) in [7, 11) is 0. The van der Waals surface area contributed by atoms with E-state index in [1.807, 2.05) is 18.2 Å². The predicted molar refractivity (Wildman–Crippen MR) is 106 cm³/mol. The Morgan fingerprint density at radius 1 is 0.962 bits per heavy atom. The first kappa shape index (κ1) is 18.8. The van der Waals surface area contributed by atoms with Crippen molar-refractivity contribution in [3.05, 3.63) is 83.9 Å². The number of aliphatic hydroxyl groups excluding tert-OH is 2. The zero-order valence-corrected chi connectivity index (χ0v) is 15.4. The number of nitrogens with zero attached hydrogens (tertiary/aromatic N) is 1. The summed E-state index contributed by atoms with van der Waals surface area (Å²) in [6, 6.07) is 20.8. The van der Waals surface area contributed by atoms with Gasteiger partial charge in [0.05, 0.1) is 6.10 Å². The Labute approximate surface area is 156 Å². The molecule has 0 saturated carbocycles. The van der Waals surface area contributed by atoms with Gasteiger partial charge in [0.1, 0.15) is 0 Å². The van der Waals surface area contributed by atoms with E-state index in [1.165, 1.54) is 11.1 Å². The number of benzene rings is 2. The van der Waals surface area contributed by atoms with Crippen LogP contribution in [0.2, 0.25) is 0 Å². The second-order valence-corrected chi connectivity index (χ2v) is 7.19. The van der Waals surface area contributed by atoms with Crippen molar-refractivity contribution in [2.24, 2.45) is 5.92 Å². The van der Waals surface area contributed by atoms with Crippen LogP contribution in [-0.4, -0.2) is 33.9 Å². The van der Waals surface area contributed by atoms with Gasteiger partial charge in [0.25, 0.3) is 0 Å². The molecular weight excluding hydrogens is 322 g/mol. The van der Waals surface area contributed by atoms with Gasteiger partial charge in [-0.25, -0.2) is 0 Å². The van der Waals surface area contributed by atoms with E-state index in [0.717, 1.165) is 13.0 Å². The molecule has 138 valence electrons. The number of aliphatic hydroxyl groups is 2. The Morgan fingerprint density at radius 2 is 1.58 bits per heavy atom. The Bertz CT molecular complexity index is 686. The van der Waals surface area contributed by atoms with Gasteiger partial charge < -0.3 is 10.2 Å². The molecule has 0 bridgehead atoms. The van der Waals surface area contributed by atoms with Crippen LogP contribution in [0.1, 0.15) is 36.9 Å². The fraction of sp³-hybridized carbons (Fsp3) is 0.391. The molecule has 0 amide bonds. The highest BCUT2D eigenvalue weighted by atomic mass is 16.3. The highest BCUT2D eigenvalue weighted by molar-refractivity contribution is 5.21. The van der Waals surface area contributed by atoms with Crippen LogP contribution < -0.4 is 0 Å². The van der Waals surface area contributed by atoms with Crippen LogP contribution in [0.4, 0.5) is 0 Å². The topological polar surface area (TPSA) is 43.7 Å². The van der Waals surface area contributed by atoms with E-state index in [4.69, 9.17) is 0 Å². The summed E-state index contributed by atoms with van der Waals surface area (Å²) in [5, 5.41) is 20.9. The lowest BCUT2D eigenvalue weighted by Crippen LogP contribution is -2.49.